The van der Waals surface area contributed by atoms with E-state index in [1.165, 1.54) is 0 Å². The number of aliphatic hydroxyl groups is 1. The van der Waals surface area contributed by atoms with Gasteiger partial charge in [0.05, 0.1) is 11.0 Å². The molecule has 1 fully saturated rings. The molecular formula is C14H21NO3S2. The van der Waals surface area contributed by atoms with E-state index in [0.29, 0.717) is 29.2 Å². The van der Waals surface area contributed by atoms with Gasteiger partial charge in [0.25, 0.3) is 0 Å². The largest absolute Gasteiger partial charge is 0.389 e. The first kappa shape index (κ1) is 15.8. The number of rotatable bonds is 3. The number of sulfonamides is 1. The first-order valence-corrected chi connectivity index (χ1v) is 9.12. The van der Waals surface area contributed by atoms with E-state index in [4.69, 9.17) is 0 Å². The second-order valence-corrected chi connectivity index (χ2v) is 9.15. The summed E-state index contributed by atoms with van der Waals surface area (Å²) in [6.45, 7) is 6.81. The molecule has 1 aliphatic heterocycles. The van der Waals surface area contributed by atoms with Crippen LogP contribution in [0.4, 0.5) is 0 Å². The lowest BCUT2D eigenvalue weighted by molar-refractivity contribution is 0.199. The number of thioether (sulfide) groups is 1. The Morgan fingerprint density at radius 3 is 2.45 bits per heavy atom. The van der Waals surface area contributed by atoms with Crippen LogP contribution in [-0.4, -0.2) is 41.4 Å². The Bertz CT molecular complexity index is 562. The quantitative estimate of drug-likeness (QED) is 0.929. The monoisotopic (exact) mass is 315 g/mol. The third kappa shape index (κ3) is 3.36. The van der Waals surface area contributed by atoms with E-state index in [1.807, 2.05) is 11.8 Å². The molecule has 20 heavy (non-hydrogen) atoms. The third-order valence-corrected chi connectivity index (χ3v) is 6.42. The molecule has 0 radical (unpaired) electrons. The summed E-state index contributed by atoms with van der Waals surface area (Å²) in [6.07, 6.45) is -0.667. The first-order valence-electron chi connectivity index (χ1n) is 6.74. The average Bonchev–Trinajstić information content (AvgIpc) is 2.37. The van der Waals surface area contributed by atoms with Gasteiger partial charge < -0.3 is 5.11 Å². The number of hydrogen-bond acceptors (Lipinski definition) is 4. The summed E-state index contributed by atoms with van der Waals surface area (Å²) in [7, 11) is -3.48. The van der Waals surface area contributed by atoms with Gasteiger partial charge in [-0.05, 0) is 24.6 Å². The minimum Gasteiger partial charge on any atom is -0.389 e. The lowest BCUT2D eigenvalue weighted by Crippen LogP contribution is -2.43. The van der Waals surface area contributed by atoms with Crippen molar-refractivity contribution < 1.29 is 13.5 Å². The zero-order valence-corrected chi connectivity index (χ0v) is 13.6. The van der Waals surface area contributed by atoms with E-state index in [9.17, 15) is 13.5 Å². The maximum atomic E-state index is 12.7. The summed E-state index contributed by atoms with van der Waals surface area (Å²) in [5, 5.41) is 10.2. The Morgan fingerprint density at radius 2 is 1.90 bits per heavy atom. The smallest absolute Gasteiger partial charge is 0.243 e. The molecule has 1 aromatic carbocycles. The highest BCUT2D eigenvalue weighted by atomic mass is 32.2. The molecule has 3 unspecified atom stereocenters. The van der Waals surface area contributed by atoms with E-state index in [0.717, 1.165) is 0 Å². The number of nitrogens with zero attached hydrogens (tertiary/aromatic N) is 1. The summed E-state index contributed by atoms with van der Waals surface area (Å²) in [4.78, 5) is 0.266. The molecule has 6 heteroatoms. The van der Waals surface area contributed by atoms with Crippen molar-refractivity contribution in [3.63, 3.8) is 0 Å². The van der Waals surface area contributed by atoms with Crippen molar-refractivity contribution >= 4 is 21.8 Å². The van der Waals surface area contributed by atoms with Crippen molar-refractivity contribution in [3.05, 3.63) is 29.8 Å². The lowest BCUT2D eigenvalue weighted by Gasteiger charge is -2.33. The highest BCUT2D eigenvalue weighted by Gasteiger charge is 2.32. The van der Waals surface area contributed by atoms with Crippen molar-refractivity contribution in [1.82, 2.24) is 4.31 Å². The van der Waals surface area contributed by atoms with Crippen molar-refractivity contribution in [2.24, 2.45) is 0 Å². The molecule has 0 bridgehead atoms. The molecule has 2 rings (SSSR count). The van der Waals surface area contributed by atoms with Crippen LogP contribution in [0.15, 0.2) is 29.2 Å². The van der Waals surface area contributed by atoms with Crippen LogP contribution in [0.25, 0.3) is 0 Å². The fraction of sp³-hybridized carbons (Fsp3) is 0.571. The Kier molecular flexibility index (Phi) is 4.79. The number of benzene rings is 1. The maximum absolute atomic E-state index is 12.7. The second-order valence-electron chi connectivity index (χ2n) is 5.33. The van der Waals surface area contributed by atoms with Gasteiger partial charge >= 0.3 is 0 Å². The first-order chi connectivity index (χ1) is 9.30. The normalized spacial score (nSPS) is 26.4. The minimum atomic E-state index is -3.48. The molecule has 0 aliphatic carbocycles. The van der Waals surface area contributed by atoms with Gasteiger partial charge in [0.1, 0.15) is 0 Å². The molecule has 1 aromatic rings. The van der Waals surface area contributed by atoms with Gasteiger partial charge in [0.15, 0.2) is 0 Å². The van der Waals surface area contributed by atoms with Gasteiger partial charge in [0.2, 0.25) is 10.0 Å². The SMILES string of the molecule is CC1CN(S(=O)(=O)c2cccc(C(C)O)c2)CC(C)S1. The summed E-state index contributed by atoms with van der Waals surface area (Å²) in [5.74, 6) is 0. The van der Waals surface area contributed by atoms with Crippen molar-refractivity contribution in [1.29, 1.82) is 0 Å². The van der Waals surface area contributed by atoms with Crippen LogP contribution in [0.5, 0.6) is 0 Å². The lowest BCUT2D eigenvalue weighted by atomic mass is 10.1. The van der Waals surface area contributed by atoms with Crippen LogP contribution in [0.1, 0.15) is 32.4 Å². The zero-order chi connectivity index (χ0) is 14.9. The van der Waals surface area contributed by atoms with E-state index < -0.39 is 16.1 Å². The average molecular weight is 315 g/mol. The van der Waals surface area contributed by atoms with Gasteiger partial charge in [-0.15, -0.1) is 0 Å². The van der Waals surface area contributed by atoms with Crippen LogP contribution < -0.4 is 0 Å². The molecule has 4 nitrogen and oxygen atoms in total. The molecule has 112 valence electrons. The van der Waals surface area contributed by atoms with Gasteiger partial charge in [-0.3, -0.25) is 0 Å². The number of aliphatic hydroxyl groups excluding tert-OH is 1. The van der Waals surface area contributed by atoms with Crippen LogP contribution in [0.2, 0.25) is 0 Å². The van der Waals surface area contributed by atoms with Gasteiger partial charge in [-0.1, -0.05) is 26.0 Å². The number of hydrogen-bond donors (Lipinski definition) is 1. The Hall–Kier alpha value is -0.560. The fourth-order valence-corrected chi connectivity index (χ4v) is 5.60. The summed E-state index contributed by atoms with van der Waals surface area (Å²) in [5.41, 5.74) is 0.624. The maximum Gasteiger partial charge on any atom is 0.243 e. The molecule has 0 spiro atoms. The van der Waals surface area contributed by atoms with E-state index in [2.05, 4.69) is 13.8 Å². The summed E-state index contributed by atoms with van der Waals surface area (Å²) >= 11 is 1.82. The van der Waals surface area contributed by atoms with E-state index >= 15 is 0 Å². The van der Waals surface area contributed by atoms with Crippen molar-refractivity contribution in [2.45, 2.75) is 42.3 Å². The molecule has 1 saturated heterocycles. The van der Waals surface area contributed by atoms with Crippen LogP contribution in [0, 0.1) is 0 Å². The summed E-state index contributed by atoms with van der Waals surface area (Å²) in [6, 6.07) is 6.58. The molecule has 1 aliphatic rings. The molecule has 0 saturated carbocycles. The Balaban J connectivity index is 2.32. The Morgan fingerprint density at radius 1 is 1.30 bits per heavy atom. The molecule has 0 aromatic heterocycles. The third-order valence-electron chi connectivity index (χ3n) is 3.36. The van der Waals surface area contributed by atoms with Crippen molar-refractivity contribution in [3.8, 4) is 0 Å². The van der Waals surface area contributed by atoms with Gasteiger partial charge in [0, 0.05) is 23.6 Å². The zero-order valence-electron chi connectivity index (χ0n) is 12.0. The molecule has 1 N–H and O–H groups in total. The standard InChI is InChI=1S/C14H21NO3S2/c1-10-8-15(9-11(2)19-10)20(17,18)14-6-4-5-13(7-14)12(3)16/h4-7,10-12,16H,8-9H2,1-3H3. The van der Waals surface area contributed by atoms with Gasteiger partial charge in [-0.25, -0.2) is 8.42 Å². The van der Waals surface area contributed by atoms with E-state index in [-0.39, 0.29) is 4.90 Å². The Labute approximate surface area is 125 Å². The topological polar surface area (TPSA) is 57.6 Å². The highest BCUT2D eigenvalue weighted by Crippen LogP contribution is 2.29. The molecule has 3 atom stereocenters. The van der Waals surface area contributed by atoms with Gasteiger partial charge in [-0.2, -0.15) is 16.1 Å². The van der Waals surface area contributed by atoms with Crippen molar-refractivity contribution in [2.75, 3.05) is 13.1 Å². The minimum absolute atomic E-state index is 0.266. The predicted octanol–water partition coefficient (Wildman–Crippen LogP) is 2.25. The molecule has 0 amide bonds. The highest BCUT2D eigenvalue weighted by molar-refractivity contribution is 8.00. The second kappa shape index (κ2) is 6.05. The van der Waals surface area contributed by atoms with E-state index in [1.54, 1.807) is 35.5 Å². The van der Waals surface area contributed by atoms with Crippen LogP contribution >= 0.6 is 11.8 Å². The fourth-order valence-electron chi connectivity index (χ4n) is 2.41. The summed E-state index contributed by atoms with van der Waals surface area (Å²) < 4.78 is 26.9. The van der Waals surface area contributed by atoms with Crippen LogP contribution in [0.3, 0.4) is 0 Å². The predicted molar refractivity (Wildman–Crippen MR) is 82.3 cm³/mol. The molecular weight excluding hydrogens is 294 g/mol. The van der Waals surface area contributed by atoms with Crippen LogP contribution in [-0.2, 0) is 10.0 Å². The molecule has 1 heterocycles.